The summed E-state index contributed by atoms with van der Waals surface area (Å²) in [4.78, 5) is 10.4. The van der Waals surface area contributed by atoms with Crippen molar-refractivity contribution >= 4 is 17.7 Å². The molecular weight excluding hydrogens is 259 g/mol. The molecular formula is C11H9FN2O3S. The van der Waals surface area contributed by atoms with Crippen molar-refractivity contribution in [1.82, 2.24) is 10.2 Å². The number of hydrogen-bond acceptors (Lipinski definition) is 5. The number of carbonyl (C=O) groups is 1. The summed E-state index contributed by atoms with van der Waals surface area (Å²) in [6, 6.07) is 4.54. The number of rotatable bonds is 4. The van der Waals surface area contributed by atoms with Gasteiger partial charge in [0.05, 0.1) is 5.56 Å². The zero-order chi connectivity index (χ0) is 13.1. The first-order valence-corrected chi connectivity index (χ1v) is 5.99. The SMILES string of the molecule is Cc1ccc(F)c(-c2nnc(SCC(=O)O)o2)c1. The number of hydrogen-bond donors (Lipinski definition) is 1. The molecule has 94 valence electrons. The number of benzene rings is 1. The third-order valence-electron chi connectivity index (χ3n) is 2.08. The van der Waals surface area contributed by atoms with Crippen molar-refractivity contribution in [3.05, 3.63) is 29.6 Å². The molecule has 1 aromatic heterocycles. The molecule has 7 heteroatoms. The summed E-state index contributed by atoms with van der Waals surface area (Å²) in [5, 5.41) is 16.0. The first-order chi connectivity index (χ1) is 8.56. The van der Waals surface area contributed by atoms with Gasteiger partial charge in [0.2, 0.25) is 0 Å². The van der Waals surface area contributed by atoms with Crippen molar-refractivity contribution in [3.63, 3.8) is 0 Å². The largest absolute Gasteiger partial charge is 0.481 e. The van der Waals surface area contributed by atoms with Crippen molar-refractivity contribution in [2.75, 3.05) is 5.75 Å². The van der Waals surface area contributed by atoms with Gasteiger partial charge in [-0.1, -0.05) is 23.4 Å². The smallest absolute Gasteiger partial charge is 0.314 e. The van der Waals surface area contributed by atoms with E-state index in [2.05, 4.69) is 10.2 Å². The van der Waals surface area contributed by atoms with Crippen LogP contribution in [0.5, 0.6) is 0 Å². The van der Waals surface area contributed by atoms with Gasteiger partial charge in [-0.2, -0.15) is 0 Å². The van der Waals surface area contributed by atoms with Crippen molar-refractivity contribution in [2.24, 2.45) is 0 Å². The fourth-order valence-corrected chi connectivity index (χ4v) is 1.79. The van der Waals surface area contributed by atoms with Gasteiger partial charge in [0.15, 0.2) is 0 Å². The lowest BCUT2D eigenvalue weighted by molar-refractivity contribution is -0.133. The van der Waals surface area contributed by atoms with E-state index in [4.69, 9.17) is 9.52 Å². The molecule has 0 aliphatic heterocycles. The van der Waals surface area contributed by atoms with Crippen molar-refractivity contribution < 1.29 is 18.7 Å². The zero-order valence-corrected chi connectivity index (χ0v) is 10.2. The Hall–Kier alpha value is -1.89. The number of carboxylic acid groups (broad SMARTS) is 1. The van der Waals surface area contributed by atoms with Crippen LogP contribution in [0.4, 0.5) is 4.39 Å². The van der Waals surface area contributed by atoms with Crippen LogP contribution in [-0.2, 0) is 4.79 Å². The van der Waals surface area contributed by atoms with Crippen LogP contribution in [0.1, 0.15) is 5.56 Å². The van der Waals surface area contributed by atoms with Crippen molar-refractivity contribution in [1.29, 1.82) is 0 Å². The summed E-state index contributed by atoms with van der Waals surface area (Å²) in [7, 11) is 0. The topological polar surface area (TPSA) is 76.2 Å². The molecule has 0 saturated carbocycles. The summed E-state index contributed by atoms with van der Waals surface area (Å²) in [5.41, 5.74) is 1.08. The Kier molecular flexibility index (Phi) is 3.61. The molecule has 1 heterocycles. The van der Waals surface area contributed by atoms with E-state index in [-0.39, 0.29) is 22.4 Å². The van der Waals surface area contributed by atoms with Gasteiger partial charge in [0.1, 0.15) is 11.6 Å². The van der Waals surface area contributed by atoms with E-state index in [9.17, 15) is 9.18 Å². The van der Waals surface area contributed by atoms with E-state index < -0.39 is 11.8 Å². The second-order valence-corrected chi connectivity index (χ2v) is 4.47. The molecule has 1 aromatic carbocycles. The number of aromatic nitrogens is 2. The van der Waals surface area contributed by atoms with Gasteiger partial charge >= 0.3 is 5.97 Å². The van der Waals surface area contributed by atoms with Gasteiger partial charge in [-0.25, -0.2) is 4.39 Å². The highest BCUT2D eigenvalue weighted by molar-refractivity contribution is 7.99. The van der Waals surface area contributed by atoms with Crippen LogP contribution in [0.25, 0.3) is 11.5 Å². The second-order valence-electron chi connectivity index (χ2n) is 3.54. The number of aryl methyl sites for hydroxylation is 1. The molecule has 2 aromatic rings. The normalized spacial score (nSPS) is 10.6. The van der Waals surface area contributed by atoms with Crippen LogP contribution in [0.15, 0.2) is 27.8 Å². The predicted molar refractivity (Wildman–Crippen MR) is 62.8 cm³/mol. The average Bonchev–Trinajstić information content (AvgIpc) is 2.78. The van der Waals surface area contributed by atoms with E-state index >= 15 is 0 Å². The van der Waals surface area contributed by atoms with Gasteiger partial charge in [-0.05, 0) is 19.1 Å². The molecule has 0 unspecified atom stereocenters. The first-order valence-electron chi connectivity index (χ1n) is 5.01. The monoisotopic (exact) mass is 268 g/mol. The Morgan fingerprint density at radius 1 is 1.50 bits per heavy atom. The molecule has 0 fully saturated rings. The molecule has 1 N–H and O–H groups in total. The maximum Gasteiger partial charge on any atom is 0.314 e. The number of halogens is 1. The van der Waals surface area contributed by atoms with Crippen LogP contribution < -0.4 is 0 Å². The minimum absolute atomic E-state index is 0.0455. The quantitative estimate of drug-likeness (QED) is 0.858. The highest BCUT2D eigenvalue weighted by Gasteiger charge is 2.14. The molecule has 0 spiro atoms. The summed E-state index contributed by atoms with van der Waals surface area (Å²) in [6.07, 6.45) is 0. The number of aliphatic carboxylic acids is 1. The summed E-state index contributed by atoms with van der Waals surface area (Å²) < 4.78 is 18.7. The molecule has 0 atom stereocenters. The maximum atomic E-state index is 13.5. The fraction of sp³-hybridized carbons (Fsp3) is 0.182. The van der Waals surface area contributed by atoms with Crippen LogP contribution in [0.2, 0.25) is 0 Å². The lowest BCUT2D eigenvalue weighted by Gasteiger charge is -1.98. The van der Waals surface area contributed by atoms with Gasteiger partial charge in [-0.3, -0.25) is 4.79 Å². The number of nitrogens with zero attached hydrogens (tertiary/aromatic N) is 2. The van der Waals surface area contributed by atoms with Crippen LogP contribution in [0, 0.1) is 12.7 Å². The summed E-state index contributed by atoms with van der Waals surface area (Å²) in [6.45, 7) is 1.82. The standard InChI is InChI=1S/C11H9FN2O3S/c1-6-2-3-8(12)7(4-6)10-13-14-11(17-10)18-5-9(15)16/h2-4H,5H2,1H3,(H,15,16). The van der Waals surface area contributed by atoms with Crippen LogP contribution >= 0.6 is 11.8 Å². The van der Waals surface area contributed by atoms with Crippen LogP contribution in [-0.4, -0.2) is 27.0 Å². The molecule has 0 aliphatic carbocycles. The Bertz CT molecular complexity index is 585. The second kappa shape index (κ2) is 5.18. The van der Waals surface area contributed by atoms with E-state index in [0.717, 1.165) is 17.3 Å². The fourth-order valence-electron chi connectivity index (χ4n) is 1.30. The van der Waals surface area contributed by atoms with E-state index in [1.165, 1.54) is 6.07 Å². The van der Waals surface area contributed by atoms with Gasteiger partial charge < -0.3 is 9.52 Å². The minimum atomic E-state index is -0.985. The zero-order valence-electron chi connectivity index (χ0n) is 9.38. The third kappa shape index (κ3) is 2.86. The van der Waals surface area contributed by atoms with Gasteiger partial charge in [0.25, 0.3) is 11.1 Å². The summed E-state index contributed by atoms with van der Waals surface area (Å²) in [5.74, 6) is -1.58. The van der Waals surface area contributed by atoms with Gasteiger partial charge in [-0.15, -0.1) is 10.2 Å². The minimum Gasteiger partial charge on any atom is -0.481 e. The molecule has 0 radical (unpaired) electrons. The Morgan fingerprint density at radius 3 is 3.00 bits per heavy atom. The Balaban J connectivity index is 2.23. The highest BCUT2D eigenvalue weighted by Crippen LogP contribution is 2.25. The average molecular weight is 268 g/mol. The Labute approximate surface area is 106 Å². The third-order valence-corrected chi connectivity index (χ3v) is 2.88. The lowest BCUT2D eigenvalue weighted by Crippen LogP contribution is -1.97. The first kappa shape index (κ1) is 12.6. The van der Waals surface area contributed by atoms with Gasteiger partial charge in [0, 0.05) is 0 Å². The molecule has 18 heavy (non-hydrogen) atoms. The van der Waals surface area contributed by atoms with Crippen LogP contribution in [0.3, 0.4) is 0 Å². The number of thioether (sulfide) groups is 1. The highest BCUT2D eigenvalue weighted by atomic mass is 32.2. The molecule has 5 nitrogen and oxygen atoms in total. The molecule has 0 aliphatic rings. The summed E-state index contributed by atoms with van der Waals surface area (Å²) >= 11 is 0.892. The maximum absolute atomic E-state index is 13.5. The molecule has 0 bridgehead atoms. The predicted octanol–water partition coefficient (Wildman–Crippen LogP) is 2.36. The van der Waals surface area contributed by atoms with Crippen molar-refractivity contribution in [2.45, 2.75) is 12.1 Å². The molecule has 2 rings (SSSR count). The number of carboxylic acids is 1. The van der Waals surface area contributed by atoms with E-state index in [1.54, 1.807) is 12.1 Å². The van der Waals surface area contributed by atoms with E-state index in [1.807, 2.05) is 6.92 Å². The molecule has 0 amide bonds. The van der Waals surface area contributed by atoms with E-state index in [0.29, 0.717) is 0 Å². The van der Waals surface area contributed by atoms with Crippen molar-refractivity contribution in [3.8, 4) is 11.5 Å². The Morgan fingerprint density at radius 2 is 2.28 bits per heavy atom. The molecule has 0 saturated heterocycles. The lowest BCUT2D eigenvalue weighted by atomic mass is 10.1.